The molecule has 0 radical (unpaired) electrons. The zero-order chi connectivity index (χ0) is 10.7. The molecule has 0 amide bonds. The van der Waals surface area contributed by atoms with Gasteiger partial charge in [-0.05, 0) is 57.2 Å². The van der Waals surface area contributed by atoms with Crippen molar-refractivity contribution < 1.29 is 0 Å². The molecule has 3 nitrogen and oxygen atoms in total. The maximum atomic E-state index is 4.35. The third-order valence-corrected chi connectivity index (χ3v) is 3.44. The quantitative estimate of drug-likeness (QED) is 0.794. The number of piperidine rings is 1. The summed E-state index contributed by atoms with van der Waals surface area (Å²) < 4.78 is 0. The van der Waals surface area contributed by atoms with Crippen LogP contribution in [-0.4, -0.2) is 23.3 Å². The number of aryl methyl sites for hydroxylation is 1. The Bertz CT molecular complexity index is 311. The summed E-state index contributed by atoms with van der Waals surface area (Å²) >= 11 is 0. The van der Waals surface area contributed by atoms with Gasteiger partial charge in [0.15, 0.2) is 0 Å². The zero-order valence-electron chi connectivity index (χ0n) is 9.77. The number of hydrogen-bond acceptors (Lipinski definition) is 2. The Morgan fingerprint density at radius 1 is 1.47 bits per heavy atom. The van der Waals surface area contributed by atoms with Crippen molar-refractivity contribution in [2.45, 2.75) is 39.5 Å². The molecule has 1 aromatic rings. The lowest BCUT2D eigenvalue weighted by molar-refractivity contribution is 0.373. The van der Waals surface area contributed by atoms with Gasteiger partial charge in [0.2, 0.25) is 0 Å². The van der Waals surface area contributed by atoms with Crippen LogP contribution in [-0.2, 0) is 12.8 Å². The van der Waals surface area contributed by atoms with Gasteiger partial charge in [0.1, 0.15) is 0 Å². The second-order valence-corrected chi connectivity index (χ2v) is 4.54. The van der Waals surface area contributed by atoms with Gasteiger partial charge < -0.3 is 5.32 Å². The van der Waals surface area contributed by atoms with Crippen LogP contribution < -0.4 is 5.32 Å². The van der Waals surface area contributed by atoms with Crippen molar-refractivity contribution in [3.8, 4) is 0 Å². The Morgan fingerprint density at radius 2 is 2.33 bits per heavy atom. The van der Waals surface area contributed by atoms with Gasteiger partial charge in [-0.2, -0.15) is 5.10 Å². The van der Waals surface area contributed by atoms with Gasteiger partial charge in [-0.15, -0.1) is 0 Å². The molecule has 2 rings (SSSR count). The van der Waals surface area contributed by atoms with Gasteiger partial charge in [-0.3, -0.25) is 5.10 Å². The van der Waals surface area contributed by atoms with Crippen molar-refractivity contribution in [1.82, 2.24) is 15.5 Å². The van der Waals surface area contributed by atoms with Crippen molar-refractivity contribution in [2.75, 3.05) is 13.1 Å². The SMILES string of the molecule is CCc1n[nH]c(CC2CCCNC2)c1C. The van der Waals surface area contributed by atoms with Gasteiger partial charge in [0.25, 0.3) is 0 Å². The highest BCUT2D eigenvalue weighted by atomic mass is 15.1. The van der Waals surface area contributed by atoms with Gasteiger partial charge in [0, 0.05) is 5.69 Å². The van der Waals surface area contributed by atoms with Gasteiger partial charge in [-0.25, -0.2) is 0 Å². The molecule has 0 spiro atoms. The van der Waals surface area contributed by atoms with Crippen molar-refractivity contribution >= 4 is 0 Å². The van der Waals surface area contributed by atoms with Crippen molar-refractivity contribution in [3.05, 3.63) is 17.0 Å². The largest absolute Gasteiger partial charge is 0.316 e. The molecular weight excluding hydrogens is 186 g/mol. The van der Waals surface area contributed by atoms with Crippen LogP contribution in [0.3, 0.4) is 0 Å². The minimum Gasteiger partial charge on any atom is -0.316 e. The molecule has 0 bridgehead atoms. The van der Waals surface area contributed by atoms with Crippen LogP contribution in [0.1, 0.15) is 36.7 Å². The lowest BCUT2D eigenvalue weighted by Crippen LogP contribution is -2.31. The molecule has 1 aliphatic heterocycles. The predicted octanol–water partition coefficient (Wildman–Crippen LogP) is 1.82. The zero-order valence-corrected chi connectivity index (χ0v) is 9.77. The standard InChI is InChI=1S/C12H21N3/c1-3-11-9(2)12(15-14-11)7-10-5-4-6-13-8-10/h10,13H,3-8H2,1-2H3,(H,14,15). The van der Waals surface area contributed by atoms with Gasteiger partial charge in [-0.1, -0.05) is 6.92 Å². The lowest BCUT2D eigenvalue weighted by atomic mass is 9.93. The monoisotopic (exact) mass is 207 g/mol. The number of aromatic amines is 1. The summed E-state index contributed by atoms with van der Waals surface area (Å²) in [5.74, 6) is 0.794. The van der Waals surface area contributed by atoms with E-state index >= 15 is 0 Å². The number of hydrogen-bond donors (Lipinski definition) is 2. The van der Waals surface area contributed by atoms with Crippen LogP contribution in [0.4, 0.5) is 0 Å². The minimum absolute atomic E-state index is 0.794. The first-order valence-electron chi connectivity index (χ1n) is 6.04. The van der Waals surface area contributed by atoms with Gasteiger partial charge in [0.05, 0.1) is 5.69 Å². The molecule has 2 heterocycles. The van der Waals surface area contributed by atoms with E-state index in [-0.39, 0.29) is 0 Å². The molecule has 3 heteroatoms. The van der Waals surface area contributed by atoms with E-state index in [4.69, 9.17) is 0 Å². The van der Waals surface area contributed by atoms with E-state index in [2.05, 4.69) is 29.4 Å². The number of rotatable bonds is 3. The molecule has 1 fully saturated rings. The molecule has 84 valence electrons. The van der Waals surface area contributed by atoms with Crippen LogP contribution in [0, 0.1) is 12.8 Å². The molecular formula is C12H21N3. The molecule has 1 aromatic heterocycles. The Balaban J connectivity index is 2.00. The summed E-state index contributed by atoms with van der Waals surface area (Å²) in [5, 5.41) is 11.0. The molecule has 1 saturated heterocycles. The molecule has 1 atom stereocenters. The molecule has 1 aliphatic rings. The first kappa shape index (κ1) is 10.7. The van der Waals surface area contributed by atoms with Crippen LogP contribution >= 0.6 is 0 Å². The molecule has 1 unspecified atom stereocenters. The first-order valence-corrected chi connectivity index (χ1v) is 6.04. The van der Waals surface area contributed by atoms with E-state index in [1.165, 1.54) is 42.9 Å². The second-order valence-electron chi connectivity index (χ2n) is 4.54. The minimum atomic E-state index is 0.794. The fourth-order valence-electron chi connectivity index (χ4n) is 2.41. The fraction of sp³-hybridized carbons (Fsp3) is 0.750. The maximum Gasteiger partial charge on any atom is 0.0651 e. The maximum absolute atomic E-state index is 4.35. The Morgan fingerprint density at radius 3 is 2.93 bits per heavy atom. The molecule has 0 aliphatic carbocycles. The molecule has 0 saturated carbocycles. The van der Waals surface area contributed by atoms with Crippen LogP contribution in [0.2, 0.25) is 0 Å². The summed E-state index contributed by atoms with van der Waals surface area (Å²) in [7, 11) is 0. The van der Waals surface area contributed by atoms with Crippen molar-refractivity contribution in [1.29, 1.82) is 0 Å². The molecule has 2 N–H and O–H groups in total. The summed E-state index contributed by atoms with van der Waals surface area (Å²) in [6, 6.07) is 0. The molecule has 0 aromatic carbocycles. The van der Waals surface area contributed by atoms with Crippen LogP contribution in [0.25, 0.3) is 0 Å². The number of aromatic nitrogens is 2. The summed E-state index contributed by atoms with van der Waals surface area (Å²) in [4.78, 5) is 0. The highest BCUT2D eigenvalue weighted by Gasteiger charge is 2.16. The van der Waals surface area contributed by atoms with Crippen molar-refractivity contribution in [2.24, 2.45) is 5.92 Å². The summed E-state index contributed by atoms with van der Waals surface area (Å²) in [6.07, 6.45) is 4.86. The van der Waals surface area contributed by atoms with E-state index in [0.717, 1.165) is 18.8 Å². The van der Waals surface area contributed by atoms with E-state index in [1.807, 2.05) is 0 Å². The fourth-order valence-corrected chi connectivity index (χ4v) is 2.41. The van der Waals surface area contributed by atoms with Crippen molar-refractivity contribution in [3.63, 3.8) is 0 Å². The Labute approximate surface area is 91.7 Å². The second kappa shape index (κ2) is 4.79. The Kier molecular flexibility index (Phi) is 3.41. The van der Waals surface area contributed by atoms with Gasteiger partial charge >= 0.3 is 0 Å². The van der Waals surface area contributed by atoms with Crippen LogP contribution in [0.5, 0.6) is 0 Å². The van der Waals surface area contributed by atoms with E-state index in [9.17, 15) is 0 Å². The van der Waals surface area contributed by atoms with Crippen LogP contribution in [0.15, 0.2) is 0 Å². The average molecular weight is 207 g/mol. The lowest BCUT2D eigenvalue weighted by Gasteiger charge is -2.22. The third kappa shape index (κ3) is 2.40. The van der Waals surface area contributed by atoms with E-state index in [0.29, 0.717) is 0 Å². The first-order chi connectivity index (χ1) is 7.31. The topological polar surface area (TPSA) is 40.7 Å². The number of H-pyrrole nitrogens is 1. The number of nitrogens with zero attached hydrogens (tertiary/aromatic N) is 1. The van der Waals surface area contributed by atoms with E-state index < -0.39 is 0 Å². The highest BCUT2D eigenvalue weighted by Crippen LogP contribution is 2.19. The smallest absolute Gasteiger partial charge is 0.0651 e. The Hall–Kier alpha value is -0.830. The number of nitrogens with one attached hydrogen (secondary N) is 2. The average Bonchev–Trinajstić information content (AvgIpc) is 2.62. The van der Waals surface area contributed by atoms with E-state index in [1.54, 1.807) is 0 Å². The normalized spacial score (nSPS) is 21.9. The summed E-state index contributed by atoms with van der Waals surface area (Å²) in [6.45, 7) is 6.71. The highest BCUT2D eigenvalue weighted by molar-refractivity contribution is 5.23. The predicted molar refractivity (Wildman–Crippen MR) is 62.0 cm³/mol. The molecule has 15 heavy (non-hydrogen) atoms. The summed E-state index contributed by atoms with van der Waals surface area (Å²) in [5.41, 5.74) is 3.96. The third-order valence-electron chi connectivity index (χ3n) is 3.44.